The summed E-state index contributed by atoms with van der Waals surface area (Å²) in [4.78, 5) is 20.1. The lowest BCUT2D eigenvalue weighted by atomic mass is 10.3. The van der Waals surface area contributed by atoms with Gasteiger partial charge in [0, 0.05) is 42.9 Å². The molecule has 0 N–H and O–H groups in total. The largest absolute Gasteiger partial charge is 0.309 e. The van der Waals surface area contributed by atoms with Crippen LogP contribution in [0.2, 0.25) is 5.15 Å². The molecule has 144 valence electrons. The zero-order chi connectivity index (χ0) is 19.5. The third-order valence-electron chi connectivity index (χ3n) is 3.59. The minimum absolute atomic E-state index is 0.0590. The van der Waals surface area contributed by atoms with Crippen LogP contribution in [0.25, 0.3) is 5.70 Å². The van der Waals surface area contributed by atoms with Crippen LogP contribution < -0.4 is 4.90 Å². The van der Waals surface area contributed by atoms with E-state index in [4.69, 9.17) is 11.6 Å². The zero-order valence-electron chi connectivity index (χ0n) is 16.0. The van der Waals surface area contributed by atoms with Crippen LogP contribution in [0.1, 0.15) is 20.3 Å². The molecule has 0 aliphatic heterocycles. The molecule has 0 bridgehead atoms. The van der Waals surface area contributed by atoms with Crippen LogP contribution in [0.3, 0.4) is 0 Å². The molecule has 1 amide bonds. The molecule has 1 aromatic heterocycles. The number of allylic oxidation sites excluding steroid dienone is 3. The molecule has 1 rings (SSSR count). The fourth-order valence-electron chi connectivity index (χ4n) is 2.15. The maximum absolute atomic E-state index is 12.6. The third kappa shape index (κ3) is 7.35. The Balaban J connectivity index is 2.74. The molecule has 0 spiro atoms. The van der Waals surface area contributed by atoms with Gasteiger partial charge >= 0.3 is 0 Å². The number of anilines is 1. The van der Waals surface area contributed by atoms with Crippen LogP contribution in [-0.4, -0.2) is 66.0 Å². The zero-order valence-corrected chi connectivity index (χ0v) is 17.6. The second-order valence-electron chi connectivity index (χ2n) is 5.89. The number of aromatic nitrogens is 2. The third-order valence-corrected chi connectivity index (χ3v) is 4.83. The summed E-state index contributed by atoms with van der Waals surface area (Å²) in [5, 5.41) is 4.62. The molecule has 1 aromatic rings. The van der Waals surface area contributed by atoms with E-state index in [1.54, 1.807) is 39.8 Å². The summed E-state index contributed by atoms with van der Waals surface area (Å²) < 4.78 is 1.66. The molecule has 8 heteroatoms. The van der Waals surface area contributed by atoms with Crippen molar-refractivity contribution in [3.8, 4) is 0 Å². The Bertz CT molecular complexity index is 654. The molecule has 0 aliphatic carbocycles. The van der Waals surface area contributed by atoms with Crippen molar-refractivity contribution in [3.63, 3.8) is 0 Å². The quantitative estimate of drug-likeness (QED) is 0.325. The maximum Gasteiger partial charge on any atom is 0.227 e. The number of aliphatic imine (C=N–C) groups is 1. The van der Waals surface area contributed by atoms with Crippen molar-refractivity contribution in [2.75, 3.05) is 43.6 Å². The monoisotopic (exact) mass is 397 g/mol. The van der Waals surface area contributed by atoms with Gasteiger partial charge in [0.25, 0.3) is 0 Å². The number of hydrogen-bond donors (Lipinski definition) is 0. The van der Waals surface area contributed by atoms with E-state index in [1.807, 2.05) is 34.0 Å². The van der Waals surface area contributed by atoms with Gasteiger partial charge < -0.3 is 9.80 Å². The highest BCUT2D eigenvalue weighted by Gasteiger charge is 2.19. The van der Waals surface area contributed by atoms with Gasteiger partial charge in [0.05, 0.1) is 6.20 Å². The second kappa shape index (κ2) is 11.9. The van der Waals surface area contributed by atoms with Crippen molar-refractivity contribution in [1.29, 1.82) is 0 Å². The molecule has 0 fully saturated rings. The van der Waals surface area contributed by atoms with Crippen molar-refractivity contribution in [1.82, 2.24) is 14.7 Å². The predicted molar refractivity (Wildman–Crippen MR) is 114 cm³/mol. The fourth-order valence-corrected chi connectivity index (χ4v) is 3.40. The van der Waals surface area contributed by atoms with Gasteiger partial charge in [-0.15, -0.1) is 0 Å². The molecular formula is C18H28ClN5OS. The fraction of sp³-hybridized carbons (Fsp3) is 0.500. The van der Waals surface area contributed by atoms with Crippen LogP contribution >= 0.6 is 23.4 Å². The Hall–Kier alpha value is -1.57. The molecule has 0 radical (unpaired) electrons. The Morgan fingerprint density at radius 2 is 2.19 bits per heavy atom. The Morgan fingerprint density at radius 3 is 2.81 bits per heavy atom. The SMILES string of the molecule is C=N/C=C\C=C(/C)n1cc(N(CC)C(=O)CCSCCN(C)C)c(Cl)n1. The highest BCUT2D eigenvalue weighted by molar-refractivity contribution is 7.99. The van der Waals surface area contributed by atoms with E-state index in [1.165, 1.54) is 0 Å². The van der Waals surface area contributed by atoms with E-state index < -0.39 is 0 Å². The molecule has 6 nitrogen and oxygen atoms in total. The lowest BCUT2D eigenvalue weighted by Crippen LogP contribution is -2.30. The average Bonchev–Trinajstić information content (AvgIpc) is 2.97. The van der Waals surface area contributed by atoms with Gasteiger partial charge in [0.1, 0.15) is 5.69 Å². The average molecular weight is 398 g/mol. The molecule has 0 unspecified atom stereocenters. The first-order valence-corrected chi connectivity index (χ1v) is 10.0. The van der Waals surface area contributed by atoms with Crippen molar-refractivity contribution in [2.45, 2.75) is 20.3 Å². The summed E-state index contributed by atoms with van der Waals surface area (Å²) in [5.74, 6) is 1.87. The molecule has 26 heavy (non-hydrogen) atoms. The van der Waals surface area contributed by atoms with Crippen LogP contribution in [0, 0.1) is 0 Å². The summed E-state index contributed by atoms with van der Waals surface area (Å²) >= 11 is 8.06. The van der Waals surface area contributed by atoms with E-state index in [-0.39, 0.29) is 5.91 Å². The number of hydrogen-bond acceptors (Lipinski definition) is 5. The summed E-state index contributed by atoms with van der Waals surface area (Å²) in [7, 11) is 4.09. The summed E-state index contributed by atoms with van der Waals surface area (Å²) in [6, 6.07) is 0. The highest BCUT2D eigenvalue weighted by atomic mass is 35.5. The second-order valence-corrected chi connectivity index (χ2v) is 7.47. The van der Waals surface area contributed by atoms with E-state index in [0.29, 0.717) is 23.8 Å². The first-order chi connectivity index (χ1) is 12.4. The Morgan fingerprint density at radius 1 is 1.46 bits per heavy atom. The Labute approximate surface area is 165 Å². The topological polar surface area (TPSA) is 53.7 Å². The molecule has 0 aliphatic rings. The summed E-state index contributed by atoms with van der Waals surface area (Å²) in [5.41, 5.74) is 1.50. The number of nitrogens with zero attached hydrogens (tertiary/aromatic N) is 5. The number of rotatable bonds is 11. The van der Waals surface area contributed by atoms with Gasteiger partial charge in [-0.2, -0.15) is 16.9 Å². The first kappa shape index (κ1) is 22.5. The number of amides is 1. The summed E-state index contributed by atoms with van der Waals surface area (Å²) in [6.07, 6.45) is 7.47. The van der Waals surface area contributed by atoms with Crippen LogP contribution in [0.15, 0.2) is 29.5 Å². The number of carbonyl (C=O) groups excluding carboxylic acids is 1. The first-order valence-electron chi connectivity index (χ1n) is 8.48. The van der Waals surface area contributed by atoms with Gasteiger partial charge in [-0.3, -0.25) is 9.79 Å². The van der Waals surface area contributed by atoms with Gasteiger partial charge in [-0.1, -0.05) is 11.6 Å². The molecule has 0 saturated carbocycles. The van der Waals surface area contributed by atoms with Gasteiger partial charge in [0.15, 0.2) is 5.15 Å². The minimum atomic E-state index is 0.0590. The van der Waals surface area contributed by atoms with Gasteiger partial charge in [-0.05, 0) is 46.8 Å². The van der Waals surface area contributed by atoms with Crippen molar-refractivity contribution < 1.29 is 4.79 Å². The molecular weight excluding hydrogens is 370 g/mol. The van der Waals surface area contributed by atoms with E-state index in [9.17, 15) is 4.79 Å². The summed E-state index contributed by atoms with van der Waals surface area (Å²) in [6.45, 7) is 8.79. The molecule has 1 heterocycles. The van der Waals surface area contributed by atoms with Crippen molar-refractivity contribution in [3.05, 3.63) is 29.7 Å². The maximum atomic E-state index is 12.6. The number of thioether (sulfide) groups is 1. The normalized spacial score (nSPS) is 12.2. The van der Waals surface area contributed by atoms with Crippen molar-refractivity contribution in [2.24, 2.45) is 4.99 Å². The molecule has 0 aromatic carbocycles. The minimum Gasteiger partial charge on any atom is -0.309 e. The number of halogens is 1. The molecule has 0 saturated heterocycles. The number of carbonyl (C=O) groups is 1. The smallest absolute Gasteiger partial charge is 0.227 e. The van der Waals surface area contributed by atoms with Gasteiger partial charge in [-0.25, -0.2) is 4.68 Å². The Kier molecular flexibility index (Phi) is 10.3. The molecule has 0 atom stereocenters. The lowest BCUT2D eigenvalue weighted by molar-refractivity contribution is -0.118. The van der Waals surface area contributed by atoms with E-state index >= 15 is 0 Å². The van der Waals surface area contributed by atoms with Gasteiger partial charge in [0.2, 0.25) is 5.91 Å². The lowest BCUT2D eigenvalue weighted by Gasteiger charge is -2.19. The van der Waals surface area contributed by atoms with Crippen molar-refractivity contribution >= 4 is 47.4 Å². The van der Waals surface area contributed by atoms with E-state index in [2.05, 4.69) is 21.7 Å². The van der Waals surface area contributed by atoms with E-state index in [0.717, 1.165) is 23.7 Å². The van der Waals surface area contributed by atoms with Crippen LogP contribution in [0.4, 0.5) is 5.69 Å². The standard InChI is InChI=1S/C18H28ClN5OS/c1-6-23(17(25)9-12-26-13-11-22(4)5)16-14-24(21-18(16)19)15(2)8-7-10-20-3/h7-8,10,14H,3,6,9,11-13H2,1-2,4-5H3/b10-7-,15-8+. The predicted octanol–water partition coefficient (Wildman–Crippen LogP) is 3.65. The van der Waals surface area contributed by atoms with Crippen LogP contribution in [0.5, 0.6) is 0 Å². The van der Waals surface area contributed by atoms with Crippen LogP contribution in [-0.2, 0) is 4.79 Å². The highest BCUT2D eigenvalue weighted by Crippen LogP contribution is 2.26.